The minimum absolute atomic E-state index is 0.00299. The van der Waals surface area contributed by atoms with E-state index in [1.165, 1.54) is 0 Å². The lowest BCUT2D eigenvalue weighted by Gasteiger charge is -2.12. The maximum atomic E-state index is 5.27. The molecule has 0 amide bonds. The maximum Gasteiger partial charge on any atom is 0.237 e. The summed E-state index contributed by atoms with van der Waals surface area (Å²) in [6.45, 7) is 8.51. The van der Waals surface area contributed by atoms with Crippen LogP contribution in [0.2, 0.25) is 0 Å². The van der Waals surface area contributed by atoms with Gasteiger partial charge < -0.3 is 4.42 Å². The summed E-state index contributed by atoms with van der Waals surface area (Å²) in [5, 5.41) is 15.8. The molecule has 0 bridgehead atoms. The quantitative estimate of drug-likeness (QED) is 0.764. The SMILES string of the molecule is Cc1nnc(Cn2cc(C(C)(C)C)nn2)o1. The van der Waals surface area contributed by atoms with Crippen molar-refractivity contribution >= 4 is 0 Å². The molecular weight excluding hydrogens is 206 g/mol. The number of nitrogens with zero attached hydrogens (tertiary/aromatic N) is 5. The summed E-state index contributed by atoms with van der Waals surface area (Å²) < 4.78 is 6.97. The average Bonchev–Trinajstić information content (AvgIpc) is 2.74. The molecule has 0 aromatic carbocycles. The number of hydrogen-bond acceptors (Lipinski definition) is 5. The zero-order valence-corrected chi connectivity index (χ0v) is 9.93. The lowest BCUT2D eigenvalue weighted by Crippen LogP contribution is -2.11. The molecule has 0 spiro atoms. The van der Waals surface area contributed by atoms with E-state index in [4.69, 9.17) is 4.42 Å². The van der Waals surface area contributed by atoms with E-state index in [-0.39, 0.29) is 5.41 Å². The summed E-state index contributed by atoms with van der Waals surface area (Å²) in [4.78, 5) is 0. The van der Waals surface area contributed by atoms with Crippen LogP contribution in [0.5, 0.6) is 0 Å². The van der Waals surface area contributed by atoms with Crippen LogP contribution in [-0.2, 0) is 12.0 Å². The Morgan fingerprint density at radius 1 is 1.25 bits per heavy atom. The molecule has 0 aliphatic heterocycles. The number of aryl methyl sites for hydroxylation is 1. The van der Waals surface area contributed by atoms with E-state index in [0.717, 1.165) is 5.69 Å². The normalized spacial score (nSPS) is 12.0. The van der Waals surface area contributed by atoms with Crippen molar-refractivity contribution in [3.05, 3.63) is 23.7 Å². The van der Waals surface area contributed by atoms with Gasteiger partial charge in [0, 0.05) is 18.5 Å². The molecule has 2 aromatic heterocycles. The molecule has 0 aliphatic carbocycles. The molecule has 0 saturated heterocycles. The Kier molecular flexibility index (Phi) is 2.49. The summed E-state index contributed by atoms with van der Waals surface area (Å²) in [5.74, 6) is 1.11. The highest BCUT2D eigenvalue weighted by Crippen LogP contribution is 2.18. The van der Waals surface area contributed by atoms with Crippen molar-refractivity contribution in [2.75, 3.05) is 0 Å². The Labute approximate surface area is 93.7 Å². The van der Waals surface area contributed by atoms with Crippen molar-refractivity contribution in [1.82, 2.24) is 25.2 Å². The Hall–Kier alpha value is -1.72. The smallest absolute Gasteiger partial charge is 0.237 e. The molecule has 2 heterocycles. The Morgan fingerprint density at radius 3 is 2.50 bits per heavy atom. The first-order valence-electron chi connectivity index (χ1n) is 5.15. The fourth-order valence-electron chi connectivity index (χ4n) is 1.26. The molecule has 6 heteroatoms. The molecule has 0 saturated carbocycles. The predicted molar refractivity (Wildman–Crippen MR) is 56.9 cm³/mol. The summed E-state index contributed by atoms with van der Waals surface area (Å²) in [6, 6.07) is 0. The monoisotopic (exact) mass is 221 g/mol. The van der Waals surface area contributed by atoms with Gasteiger partial charge in [0.25, 0.3) is 0 Å². The molecule has 2 aromatic rings. The van der Waals surface area contributed by atoms with Crippen molar-refractivity contribution in [2.24, 2.45) is 0 Å². The van der Waals surface area contributed by atoms with E-state index in [1.54, 1.807) is 11.6 Å². The third kappa shape index (κ3) is 2.26. The largest absolute Gasteiger partial charge is 0.424 e. The second kappa shape index (κ2) is 3.70. The standard InChI is InChI=1S/C10H15N5O/c1-7-11-13-9(16-7)6-15-5-8(12-14-15)10(2,3)4/h5H,6H2,1-4H3. The highest BCUT2D eigenvalue weighted by atomic mass is 16.4. The van der Waals surface area contributed by atoms with E-state index in [1.807, 2.05) is 6.20 Å². The highest BCUT2D eigenvalue weighted by Gasteiger charge is 2.18. The summed E-state index contributed by atoms with van der Waals surface area (Å²) >= 11 is 0. The Balaban J connectivity index is 2.14. The number of rotatable bonds is 2. The summed E-state index contributed by atoms with van der Waals surface area (Å²) in [5.41, 5.74) is 0.951. The zero-order chi connectivity index (χ0) is 11.8. The Bertz CT molecular complexity index is 479. The topological polar surface area (TPSA) is 69.6 Å². The average molecular weight is 221 g/mol. The molecule has 16 heavy (non-hydrogen) atoms. The molecular formula is C10H15N5O. The minimum Gasteiger partial charge on any atom is -0.424 e. The van der Waals surface area contributed by atoms with Crippen molar-refractivity contribution in [3.8, 4) is 0 Å². The zero-order valence-electron chi connectivity index (χ0n) is 9.93. The van der Waals surface area contributed by atoms with Crippen molar-refractivity contribution < 1.29 is 4.42 Å². The van der Waals surface area contributed by atoms with Crippen molar-refractivity contribution in [2.45, 2.75) is 39.7 Å². The first-order valence-corrected chi connectivity index (χ1v) is 5.15. The maximum absolute atomic E-state index is 5.27. The van der Waals surface area contributed by atoms with Crippen LogP contribution in [0.4, 0.5) is 0 Å². The first kappa shape index (κ1) is 10.8. The third-order valence-corrected chi connectivity index (χ3v) is 2.17. The molecule has 6 nitrogen and oxygen atoms in total. The van der Waals surface area contributed by atoms with E-state index < -0.39 is 0 Å². The molecule has 86 valence electrons. The third-order valence-electron chi connectivity index (χ3n) is 2.17. The molecule has 0 aliphatic rings. The van der Waals surface area contributed by atoms with Gasteiger partial charge in [-0.25, -0.2) is 4.68 Å². The number of hydrogen-bond donors (Lipinski definition) is 0. The van der Waals surface area contributed by atoms with Crippen LogP contribution in [0.1, 0.15) is 38.2 Å². The lowest BCUT2D eigenvalue weighted by atomic mass is 9.93. The highest BCUT2D eigenvalue weighted by molar-refractivity contribution is 5.06. The van der Waals surface area contributed by atoms with Crippen LogP contribution in [0.25, 0.3) is 0 Å². The van der Waals surface area contributed by atoms with Gasteiger partial charge in [0.1, 0.15) is 6.54 Å². The van der Waals surface area contributed by atoms with Gasteiger partial charge in [-0.15, -0.1) is 15.3 Å². The molecule has 0 radical (unpaired) electrons. The summed E-state index contributed by atoms with van der Waals surface area (Å²) in [7, 11) is 0. The van der Waals surface area contributed by atoms with Gasteiger partial charge in [0.15, 0.2) is 0 Å². The van der Waals surface area contributed by atoms with Gasteiger partial charge in [0.2, 0.25) is 11.8 Å². The minimum atomic E-state index is 0.00299. The molecule has 2 rings (SSSR count). The van der Waals surface area contributed by atoms with Crippen LogP contribution < -0.4 is 0 Å². The fourth-order valence-corrected chi connectivity index (χ4v) is 1.26. The van der Waals surface area contributed by atoms with E-state index in [2.05, 4.69) is 41.3 Å². The van der Waals surface area contributed by atoms with Gasteiger partial charge in [-0.2, -0.15) is 0 Å². The predicted octanol–water partition coefficient (Wildman–Crippen LogP) is 1.32. The molecule has 0 unspecified atom stereocenters. The lowest BCUT2D eigenvalue weighted by molar-refractivity contribution is 0.441. The van der Waals surface area contributed by atoms with Crippen LogP contribution in [0, 0.1) is 6.92 Å². The van der Waals surface area contributed by atoms with Gasteiger partial charge in [-0.05, 0) is 0 Å². The van der Waals surface area contributed by atoms with E-state index >= 15 is 0 Å². The number of aromatic nitrogens is 5. The van der Waals surface area contributed by atoms with Gasteiger partial charge >= 0.3 is 0 Å². The second-order valence-electron chi connectivity index (χ2n) is 4.77. The van der Waals surface area contributed by atoms with Gasteiger partial charge in [-0.1, -0.05) is 26.0 Å². The first-order chi connectivity index (χ1) is 7.45. The van der Waals surface area contributed by atoms with Crippen LogP contribution in [0.3, 0.4) is 0 Å². The second-order valence-corrected chi connectivity index (χ2v) is 4.77. The van der Waals surface area contributed by atoms with Crippen LogP contribution in [-0.4, -0.2) is 25.2 Å². The molecule has 0 atom stereocenters. The van der Waals surface area contributed by atoms with Crippen LogP contribution in [0.15, 0.2) is 10.6 Å². The van der Waals surface area contributed by atoms with Crippen molar-refractivity contribution in [3.63, 3.8) is 0 Å². The molecule has 0 N–H and O–H groups in total. The van der Waals surface area contributed by atoms with Crippen LogP contribution >= 0.6 is 0 Å². The fraction of sp³-hybridized carbons (Fsp3) is 0.600. The summed E-state index contributed by atoms with van der Waals surface area (Å²) in [6.07, 6.45) is 1.90. The molecule has 0 fully saturated rings. The van der Waals surface area contributed by atoms with E-state index in [0.29, 0.717) is 18.3 Å². The van der Waals surface area contributed by atoms with Crippen molar-refractivity contribution in [1.29, 1.82) is 0 Å². The van der Waals surface area contributed by atoms with Gasteiger partial charge in [-0.3, -0.25) is 0 Å². The Morgan fingerprint density at radius 2 is 2.00 bits per heavy atom. The van der Waals surface area contributed by atoms with Gasteiger partial charge in [0.05, 0.1) is 5.69 Å². The van der Waals surface area contributed by atoms with E-state index in [9.17, 15) is 0 Å².